The number of rotatable bonds is 6. The van der Waals surface area contributed by atoms with Crippen molar-refractivity contribution in [1.29, 1.82) is 0 Å². The summed E-state index contributed by atoms with van der Waals surface area (Å²) in [5.74, 6) is 0.964. The topological polar surface area (TPSA) is 56.3 Å². The summed E-state index contributed by atoms with van der Waals surface area (Å²) in [6.45, 7) is 3.44. The van der Waals surface area contributed by atoms with Crippen LogP contribution in [0.2, 0.25) is 0 Å². The van der Waals surface area contributed by atoms with Crippen molar-refractivity contribution in [2.45, 2.75) is 44.4 Å². The van der Waals surface area contributed by atoms with Crippen LogP contribution in [0.25, 0.3) is 0 Å². The lowest BCUT2D eigenvalue weighted by atomic mass is 9.84. The van der Waals surface area contributed by atoms with Gasteiger partial charge in [-0.2, -0.15) is 0 Å². The summed E-state index contributed by atoms with van der Waals surface area (Å²) in [4.78, 5) is 33.4. The maximum atomic E-state index is 13.0. The Kier molecular flexibility index (Phi) is 7.30. The van der Waals surface area contributed by atoms with Crippen LogP contribution in [-0.2, 0) is 20.7 Å². The molecule has 3 aliphatic rings. The Hall–Kier alpha value is -2.90. The monoisotopic (exact) mass is 490 g/mol. The molecule has 2 heterocycles. The molecule has 192 valence electrons. The molecule has 7 nitrogen and oxygen atoms in total. The molecule has 1 aliphatic carbocycles. The fourth-order valence-electron chi connectivity index (χ4n) is 6.11. The van der Waals surface area contributed by atoms with E-state index in [1.54, 1.807) is 12.0 Å². The quantitative estimate of drug-likeness (QED) is 0.618. The predicted octanol–water partition coefficient (Wildman–Crippen LogP) is 3.69. The van der Waals surface area contributed by atoms with Crippen LogP contribution in [-0.4, -0.2) is 75.0 Å². The number of ether oxygens (including phenoxy) is 1. The van der Waals surface area contributed by atoms with E-state index in [4.69, 9.17) is 4.74 Å². The van der Waals surface area contributed by atoms with E-state index in [-0.39, 0.29) is 11.8 Å². The SMILES string of the molecule is COC1c2ccccc2CC(=O)N1c1ccc(N(C)CC2CCC(N3CCN(C)C(=O)C3)CC2)cc1. The summed E-state index contributed by atoms with van der Waals surface area (Å²) in [5.41, 5.74) is 4.11. The Morgan fingerprint density at radius 2 is 1.67 bits per heavy atom. The van der Waals surface area contributed by atoms with Crippen molar-refractivity contribution in [2.24, 2.45) is 5.92 Å². The Balaban J connectivity index is 1.18. The van der Waals surface area contributed by atoms with Gasteiger partial charge in [0.25, 0.3) is 0 Å². The normalized spacial score (nSPS) is 25.1. The molecule has 1 unspecified atom stereocenters. The lowest BCUT2D eigenvalue weighted by Crippen LogP contribution is -2.53. The first-order valence-electron chi connectivity index (χ1n) is 13.2. The number of hydrogen-bond donors (Lipinski definition) is 0. The van der Waals surface area contributed by atoms with Gasteiger partial charge < -0.3 is 14.5 Å². The van der Waals surface area contributed by atoms with Gasteiger partial charge in [-0.3, -0.25) is 19.4 Å². The molecular weight excluding hydrogens is 452 g/mol. The molecule has 2 aromatic carbocycles. The fourth-order valence-corrected chi connectivity index (χ4v) is 6.11. The number of methoxy groups -OCH3 is 1. The van der Waals surface area contributed by atoms with Gasteiger partial charge in [-0.15, -0.1) is 0 Å². The van der Waals surface area contributed by atoms with E-state index in [2.05, 4.69) is 29.0 Å². The van der Waals surface area contributed by atoms with Crippen LogP contribution in [0, 0.1) is 5.92 Å². The molecule has 0 N–H and O–H groups in total. The molecule has 1 saturated heterocycles. The number of likely N-dealkylation sites (N-methyl/N-ethyl adjacent to an activating group) is 1. The van der Waals surface area contributed by atoms with E-state index in [0.717, 1.165) is 42.1 Å². The predicted molar refractivity (Wildman–Crippen MR) is 142 cm³/mol. The van der Waals surface area contributed by atoms with Crippen molar-refractivity contribution in [2.75, 3.05) is 57.2 Å². The molecule has 0 spiro atoms. The van der Waals surface area contributed by atoms with E-state index in [1.165, 1.54) is 25.7 Å². The highest BCUT2D eigenvalue weighted by atomic mass is 16.5. The third-order valence-electron chi connectivity index (χ3n) is 8.31. The number of carbonyl (C=O) groups is 2. The summed E-state index contributed by atoms with van der Waals surface area (Å²) in [6, 6.07) is 16.8. The van der Waals surface area contributed by atoms with Gasteiger partial charge in [0.05, 0.1) is 13.0 Å². The highest BCUT2D eigenvalue weighted by Crippen LogP contribution is 2.36. The molecule has 7 heteroatoms. The van der Waals surface area contributed by atoms with Gasteiger partial charge in [0.2, 0.25) is 11.8 Å². The average Bonchev–Trinajstić information content (AvgIpc) is 2.90. The van der Waals surface area contributed by atoms with E-state index in [9.17, 15) is 9.59 Å². The highest BCUT2D eigenvalue weighted by molar-refractivity contribution is 5.97. The second-order valence-corrected chi connectivity index (χ2v) is 10.6. The van der Waals surface area contributed by atoms with Crippen LogP contribution in [0.3, 0.4) is 0 Å². The molecule has 1 atom stereocenters. The molecule has 2 fully saturated rings. The largest absolute Gasteiger partial charge is 0.374 e. The molecule has 2 aromatic rings. The van der Waals surface area contributed by atoms with Crippen LogP contribution in [0.1, 0.15) is 43.0 Å². The summed E-state index contributed by atoms with van der Waals surface area (Å²) >= 11 is 0. The third-order valence-corrected chi connectivity index (χ3v) is 8.31. The van der Waals surface area contributed by atoms with Crippen molar-refractivity contribution in [1.82, 2.24) is 9.80 Å². The zero-order valence-electron chi connectivity index (χ0n) is 21.7. The number of nitrogens with zero attached hydrogens (tertiary/aromatic N) is 4. The minimum absolute atomic E-state index is 0.0560. The van der Waals surface area contributed by atoms with Crippen LogP contribution >= 0.6 is 0 Å². The van der Waals surface area contributed by atoms with E-state index >= 15 is 0 Å². The van der Waals surface area contributed by atoms with Gasteiger partial charge >= 0.3 is 0 Å². The number of anilines is 2. The lowest BCUT2D eigenvalue weighted by Gasteiger charge is -2.41. The maximum absolute atomic E-state index is 13.0. The van der Waals surface area contributed by atoms with Gasteiger partial charge in [0.1, 0.15) is 0 Å². The van der Waals surface area contributed by atoms with Crippen molar-refractivity contribution >= 4 is 23.2 Å². The number of carbonyl (C=O) groups excluding carboxylic acids is 2. The summed E-state index contributed by atoms with van der Waals surface area (Å²) in [6.07, 6.45) is 4.73. The standard InChI is InChI=1S/C29H38N4O3/c1-30-16-17-32(20-28(30)35)24-10-8-21(9-11-24)19-31(2)23-12-14-25(15-13-23)33-27(34)18-22-6-4-5-7-26(22)29(33)36-3/h4-7,12-15,21,24,29H,8-11,16-20H2,1-3H3. The summed E-state index contributed by atoms with van der Waals surface area (Å²) in [5, 5.41) is 0. The first-order chi connectivity index (χ1) is 17.4. The number of piperazine rings is 1. The van der Waals surface area contributed by atoms with Crippen molar-refractivity contribution < 1.29 is 14.3 Å². The van der Waals surface area contributed by atoms with Crippen molar-refractivity contribution in [3.05, 3.63) is 59.7 Å². The van der Waals surface area contributed by atoms with Gasteiger partial charge in [-0.05, 0) is 61.4 Å². The second kappa shape index (κ2) is 10.6. The van der Waals surface area contributed by atoms with E-state index in [1.807, 2.05) is 48.3 Å². The van der Waals surface area contributed by atoms with Crippen molar-refractivity contribution in [3.63, 3.8) is 0 Å². The van der Waals surface area contributed by atoms with Crippen LogP contribution < -0.4 is 9.80 Å². The minimum atomic E-state index is -0.406. The molecule has 36 heavy (non-hydrogen) atoms. The highest BCUT2D eigenvalue weighted by Gasteiger charge is 2.34. The molecular formula is C29H38N4O3. The number of fused-ring (bicyclic) bond motifs is 1. The van der Waals surface area contributed by atoms with Gasteiger partial charge in [-0.25, -0.2) is 0 Å². The van der Waals surface area contributed by atoms with Gasteiger partial charge in [0, 0.05) is 63.8 Å². The van der Waals surface area contributed by atoms with E-state index < -0.39 is 6.23 Å². The first-order valence-corrected chi connectivity index (χ1v) is 13.2. The van der Waals surface area contributed by atoms with Crippen LogP contribution in [0.15, 0.2) is 48.5 Å². The molecule has 0 bridgehead atoms. The summed E-state index contributed by atoms with van der Waals surface area (Å²) < 4.78 is 5.77. The van der Waals surface area contributed by atoms with Gasteiger partial charge in [-0.1, -0.05) is 24.3 Å². The maximum Gasteiger partial charge on any atom is 0.236 e. The Bertz CT molecular complexity index is 1080. The van der Waals surface area contributed by atoms with Crippen molar-refractivity contribution in [3.8, 4) is 0 Å². The molecule has 1 saturated carbocycles. The molecule has 5 rings (SSSR count). The lowest BCUT2D eigenvalue weighted by molar-refractivity contribution is -0.135. The zero-order valence-corrected chi connectivity index (χ0v) is 21.7. The fraction of sp³-hybridized carbons (Fsp3) is 0.517. The van der Waals surface area contributed by atoms with Crippen LogP contribution in [0.5, 0.6) is 0 Å². The van der Waals surface area contributed by atoms with Crippen LogP contribution in [0.4, 0.5) is 11.4 Å². The Morgan fingerprint density at radius 1 is 0.944 bits per heavy atom. The molecule has 0 radical (unpaired) electrons. The average molecular weight is 491 g/mol. The Morgan fingerprint density at radius 3 is 2.36 bits per heavy atom. The first kappa shape index (κ1) is 24.8. The van der Waals surface area contributed by atoms with Gasteiger partial charge in [0.15, 0.2) is 6.23 Å². The van der Waals surface area contributed by atoms with E-state index in [0.29, 0.717) is 24.9 Å². The third kappa shape index (κ3) is 5.00. The smallest absolute Gasteiger partial charge is 0.236 e. The molecule has 2 aliphatic heterocycles. The zero-order chi connectivity index (χ0) is 25.2. The minimum Gasteiger partial charge on any atom is -0.374 e. The Labute approximate surface area is 214 Å². The summed E-state index contributed by atoms with van der Waals surface area (Å²) in [7, 11) is 5.71. The molecule has 0 aromatic heterocycles. The number of hydrogen-bond acceptors (Lipinski definition) is 5. The number of benzene rings is 2. The second-order valence-electron chi connectivity index (χ2n) is 10.6. The molecule has 2 amide bonds. The number of amides is 2.